The summed E-state index contributed by atoms with van der Waals surface area (Å²) in [4.78, 5) is 18.6. The van der Waals surface area contributed by atoms with E-state index >= 15 is 0 Å². The zero-order valence-corrected chi connectivity index (χ0v) is 16.5. The summed E-state index contributed by atoms with van der Waals surface area (Å²) in [6, 6.07) is 1.84. The molecule has 0 aliphatic carbocycles. The predicted octanol–water partition coefficient (Wildman–Crippen LogP) is 2.96. The highest BCUT2D eigenvalue weighted by atomic mass is 32.2. The first-order valence-corrected chi connectivity index (χ1v) is 10.2. The van der Waals surface area contributed by atoms with Crippen LogP contribution in [0.25, 0.3) is 17.2 Å². The fourth-order valence-corrected chi connectivity index (χ4v) is 4.15. The van der Waals surface area contributed by atoms with Gasteiger partial charge in [0.25, 0.3) is 0 Å². The molecule has 7 nitrogen and oxygen atoms in total. The molecular formula is C18H21F3N6OS. The second-order valence-electron chi connectivity index (χ2n) is 6.64. The summed E-state index contributed by atoms with van der Waals surface area (Å²) in [5.41, 5.74) is -0.261. The lowest BCUT2D eigenvalue weighted by Gasteiger charge is -2.17. The molecule has 1 saturated heterocycles. The quantitative estimate of drug-likeness (QED) is 0.623. The van der Waals surface area contributed by atoms with E-state index in [0.29, 0.717) is 23.1 Å². The third-order valence-electron chi connectivity index (χ3n) is 4.72. The minimum absolute atomic E-state index is 0. The number of rotatable bonds is 5. The Balaban J connectivity index is 0.00000240. The van der Waals surface area contributed by atoms with Gasteiger partial charge in [0.05, 0.1) is 12.4 Å². The maximum Gasteiger partial charge on any atom is 0.434 e. The van der Waals surface area contributed by atoms with Crippen LogP contribution in [0.4, 0.5) is 19.0 Å². The number of imidazole rings is 1. The van der Waals surface area contributed by atoms with E-state index in [-0.39, 0.29) is 5.48 Å². The van der Waals surface area contributed by atoms with E-state index in [9.17, 15) is 13.2 Å². The van der Waals surface area contributed by atoms with Crippen molar-refractivity contribution in [3.8, 4) is 11.5 Å². The smallest absolute Gasteiger partial charge is 0.412 e. The summed E-state index contributed by atoms with van der Waals surface area (Å²) in [6.45, 7) is 4.00. The van der Waals surface area contributed by atoms with Crippen molar-refractivity contribution in [1.29, 1.82) is 0 Å². The maximum absolute atomic E-state index is 13.0. The molecule has 11 heteroatoms. The highest BCUT2D eigenvalue weighted by molar-refractivity contribution is 7.99. The van der Waals surface area contributed by atoms with Crippen molar-refractivity contribution >= 4 is 23.2 Å². The standard InChI is InChI=1S/C18H19F3N6S.H2O/c1-2-28-11-12-4-6-26(9-12)15-3-5-22-17(25-15)13-7-24-16-8-23-14(10-27(13)16)18(19,20)21;/h3,5,7-8,10,12H,2,4,6,9,11H2,1H3;1H2. The molecule has 2 N–H and O–H groups in total. The van der Waals surface area contributed by atoms with E-state index in [1.165, 1.54) is 10.6 Å². The summed E-state index contributed by atoms with van der Waals surface area (Å²) in [5.74, 6) is 3.99. The van der Waals surface area contributed by atoms with Crippen molar-refractivity contribution in [3.63, 3.8) is 0 Å². The molecule has 1 fully saturated rings. The van der Waals surface area contributed by atoms with Crippen molar-refractivity contribution in [2.24, 2.45) is 5.92 Å². The summed E-state index contributed by atoms with van der Waals surface area (Å²) in [5, 5.41) is 0. The molecule has 0 saturated carbocycles. The van der Waals surface area contributed by atoms with Crippen LogP contribution >= 0.6 is 11.8 Å². The Hall–Kier alpha value is -2.40. The van der Waals surface area contributed by atoms with Gasteiger partial charge in [-0.1, -0.05) is 6.92 Å². The van der Waals surface area contributed by atoms with Crippen LogP contribution in [0.3, 0.4) is 0 Å². The molecule has 0 spiro atoms. The highest BCUT2D eigenvalue weighted by Gasteiger charge is 2.33. The number of hydrogen-bond acceptors (Lipinski definition) is 6. The van der Waals surface area contributed by atoms with E-state index in [2.05, 4.69) is 31.8 Å². The van der Waals surface area contributed by atoms with Crippen molar-refractivity contribution in [2.75, 3.05) is 29.5 Å². The first kappa shape index (κ1) is 21.3. The lowest BCUT2D eigenvalue weighted by atomic mass is 10.2. The van der Waals surface area contributed by atoms with Crippen LogP contribution in [0.2, 0.25) is 0 Å². The number of fused-ring (bicyclic) bond motifs is 1. The van der Waals surface area contributed by atoms with Crippen LogP contribution in [0.1, 0.15) is 19.0 Å². The molecule has 0 radical (unpaired) electrons. The fourth-order valence-electron chi connectivity index (χ4n) is 3.31. The lowest BCUT2D eigenvalue weighted by molar-refractivity contribution is -0.141. The summed E-state index contributed by atoms with van der Waals surface area (Å²) in [7, 11) is 0. The largest absolute Gasteiger partial charge is 0.434 e. The number of aromatic nitrogens is 5. The molecule has 0 bridgehead atoms. The second kappa shape index (κ2) is 8.54. The van der Waals surface area contributed by atoms with Gasteiger partial charge >= 0.3 is 6.18 Å². The van der Waals surface area contributed by atoms with E-state index in [0.717, 1.165) is 49.2 Å². The molecule has 4 rings (SSSR count). The minimum atomic E-state index is -4.53. The maximum atomic E-state index is 13.0. The van der Waals surface area contributed by atoms with Gasteiger partial charge in [-0.3, -0.25) is 4.40 Å². The molecular weight excluding hydrogens is 405 g/mol. The SMILES string of the molecule is CCSCC1CCN(c2ccnc(-c3cnc4cnc(C(F)(F)F)cn34)n2)C1.O. The summed E-state index contributed by atoms with van der Waals surface area (Å²) in [6.07, 6.45) is 1.73. The average molecular weight is 426 g/mol. The van der Waals surface area contributed by atoms with Gasteiger partial charge in [0, 0.05) is 25.5 Å². The first-order chi connectivity index (χ1) is 13.5. The van der Waals surface area contributed by atoms with Crippen molar-refractivity contribution in [1.82, 2.24) is 24.3 Å². The van der Waals surface area contributed by atoms with E-state index < -0.39 is 11.9 Å². The van der Waals surface area contributed by atoms with Gasteiger partial charge in [-0.05, 0) is 29.9 Å². The molecule has 4 heterocycles. The van der Waals surface area contributed by atoms with Crippen molar-refractivity contribution in [3.05, 3.63) is 36.5 Å². The molecule has 29 heavy (non-hydrogen) atoms. The number of alkyl halides is 3. The number of anilines is 1. The predicted molar refractivity (Wildman–Crippen MR) is 106 cm³/mol. The van der Waals surface area contributed by atoms with Gasteiger partial charge in [0.2, 0.25) is 0 Å². The minimum Gasteiger partial charge on any atom is -0.412 e. The third-order valence-corrected chi connectivity index (χ3v) is 5.84. The molecule has 1 unspecified atom stereocenters. The van der Waals surface area contributed by atoms with Crippen LogP contribution in [-0.4, -0.2) is 54.4 Å². The number of hydrogen-bond donors (Lipinski definition) is 0. The zero-order valence-electron chi connectivity index (χ0n) is 15.7. The van der Waals surface area contributed by atoms with Crippen molar-refractivity contribution < 1.29 is 18.6 Å². The van der Waals surface area contributed by atoms with E-state index in [1.807, 2.05) is 17.8 Å². The number of nitrogens with zero attached hydrogens (tertiary/aromatic N) is 6. The van der Waals surface area contributed by atoms with Gasteiger partial charge in [-0.2, -0.15) is 24.9 Å². The summed E-state index contributed by atoms with van der Waals surface area (Å²) >= 11 is 1.94. The van der Waals surface area contributed by atoms with Crippen molar-refractivity contribution in [2.45, 2.75) is 19.5 Å². The molecule has 1 aliphatic rings. The highest BCUT2D eigenvalue weighted by Crippen LogP contribution is 2.29. The van der Waals surface area contributed by atoms with Gasteiger partial charge in [-0.15, -0.1) is 0 Å². The Morgan fingerprint density at radius 2 is 2.03 bits per heavy atom. The molecule has 156 valence electrons. The van der Waals surface area contributed by atoms with Crippen LogP contribution in [-0.2, 0) is 6.18 Å². The molecule has 1 atom stereocenters. The van der Waals surface area contributed by atoms with Crippen LogP contribution in [0.5, 0.6) is 0 Å². The Labute approximate surface area is 169 Å². The van der Waals surface area contributed by atoms with Gasteiger partial charge < -0.3 is 10.4 Å². The van der Waals surface area contributed by atoms with Crippen LogP contribution in [0.15, 0.2) is 30.9 Å². The second-order valence-corrected chi connectivity index (χ2v) is 7.96. The Bertz CT molecular complexity index is 980. The van der Waals surface area contributed by atoms with Crippen LogP contribution < -0.4 is 4.90 Å². The monoisotopic (exact) mass is 426 g/mol. The van der Waals surface area contributed by atoms with Gasteiger partial charge in [0.1, 0.15) is 11.5 Å². The lowest BCUT2D eigenvalue weighted by Crippen LogP contribution is -2.21. The molecule has 3 aromatic heterocycles. The average Bonchev–Trinajstić information content (AvgIpc) is 3.32. The Kier molecular flexibility index (Phi) is 6.27. The van der Waals surface area contributed by atoms with E-state index in [1.54, 1.807) is 6.20 Å². The zero-order chi connectivity index (χ0) is 19.7. The normalized spacial score (nSPS) is 17.0. The molecule has 0 amide bonds. The summed E-state index contributed by atoms with van der Waals surface area (Å²) < 4.78 is 40.4. The third kappa shape index (κ3) is 4.45. The molecule has 3 aromatic rings. The number of halogens is 3. The Morgan fingerprint density at radius 3 is 2.79 bits per heavy atom. The Morgan fingerprint density at radius 1 is 1.21 bits per heavy atom. The fraction of sp³-hybridized carbons (Fsp3) is 0.444. The van der Waals surface area contributed by atoms with E-state index in [4.69, 9.17) is 0 Å². The molecule has 1 aliphatic heterocycles. The first-order valence-electron chi connectivity index (χ1n) is 9.02. The van der Waals surface area contributed by atoms with Crippen LogP contribution in [0, 0.1) is 5.92 Å². The molecule has 0 aromatic carbocycles. The van der Waals surface area contributed by atoms with Gasteiger partial charge in [-0.25, -0.2) is 19.9 Å². The topological polar surface area (TPSA) is 90.7 Å². The number of thioether (sulfide) groups is 1. The van der Waals surface area contributed by atoms with Gasteiger partial charge in [0.15, 0.2) is 17.2 Å².